The van der Waals surface area contributed by atoms with Gasteiger partial charge in [0.1, 0.15) is 6.04 Å². The lowest BCUT2D eigenvalue weighted by Crippen LogP contribution is -2.55. The first-order chi connectivity index (χ1) is 16.6. The van der Waals surface area contributed by atoms with Crippen LogP contribution in [0.2, 0.25) is 10.0 Å². The van der Waals surface area contributed by atoms with Crippen molar-refractivity contribution in [2.24, 2.45) is 0 Å². The van der Waals surface area contributed by atoms with E-state index in [1.54, 1.807) is 0 Å². The highest BCUT2D eigenvalue weighted by Crippen LogP contribution is 2.47. The van der Waals surface area contributed by atoms with Crippen LogP contribution in [-0.4, -0.2) is 64.4 Å². The molecule has 0 aromatic heterocycles. The Kier molecular flexibility index (Phi) is 5.83. The number of anilines is 1. The van der Waals surface area contributed by atoms with Crippen molar-refractivity contribution < 1.29 is 27.6 Å². The van der Waals surface area contributed by atoms with Crippen LogP contribution in [0.3, 0.4) is 0 Å². The van der Waals surface area contributed by atoms with Gasteiger partial charge in [-0.05, 0) is 24.1 Å². The zero-order valence-electron chi connectivity index (χ0n) is 18.1. The molecule has 3 unspecified atom stereocenters. The Morgan fingerprint density at radius 3 is 2.31 bits per heavy atom. The molecule has 3 aliphatic rings. The van der Waals surface area contributed by atoms with Crippen molar-refractivity contribution >= 4 is 46.9 Å². The largest absolute Gasteiger partial charge is 0.416 e. The molecule has 0 radical (unpaired) electrons. The number of nitrogens with zero attached hydrogens (tertiary/aromatic N) is 3. The summed E-state index contributed by atoms with van der Waals surface area (Å²) in [6, 6.07) is 8.93. The van der Waals surface area contributed by atoms with Crippen LogP contribution in [0.5, 0.6) is 0 Å². The second-order valence-electron chi connectivity index (χ2n) is 8.71. The third kappa shape index (κ3) is 4.29. The number of carbonyl (C=O) groups excluding carboxylic acids is 3. The molecule has 2 saturated heterocycles. The third-order valence-electron chi connectivity index (χ3n) is 6.56. The summed E-state index contributed by atoms with van der Waals surface area (Å²) in [5.41, 5.74) is -0.134. The lowest BCUT2D eigenvalue weighted by Gasteiger charge is -2.35. The summed E-state index contributed by atoms with van der Waals surface area (Å²) in [5, 5.41) is 1.71. The fourth-order valence-electron chi connectivity index (χ4n) is 4.67. The van der Waals surface area contributed by atoms with E-state index in [-0.39, 0.29) is 59.3 Å². The molecule has 2 aromatic rings. The summed E-state index contributed by atoms with van der Waals surface area (Å²) in [6.45, 7) is 0.236. The molecule has 184 valence electrons. The molecule has 1 N–H and O–H groups in total. The van der Waals surface area contributed by atoms with E-state index >= 15 is 0 Å². The van der Waals surface area contributed by atoms with Crippen LogP contribution in [0.1, 0.15) is 23.5 Å². The molecule has 5 rings (SSSR count). The molecule has 2 aliphatic heterocycles. The maximum Gasteiger partial charge on any atom is 0.416 e. The minimum Gasteiger partial charge on any atom is -0.320 e. The smallest absolute Gasteiger partial charge is 0.320 e. The van der Waals surface area contributed by atoms with Crippen LogP contribution < -0.4 is 5.32 Å². The van der Waals surface area contributed by atoms with Crippen molar-refractivity contribution in [2.75, 3.05) is 25.0 Å². The number of carbonyl (C=O) groups is 3. The molecular formula is C23H19Cl2F3N4O3. The highest BCUT2D eigenvalue weighted by molar-refractivity contribution is 6.39. The van der Waals surface area contributed by atoms with Gasteiger partial charge in [0.15, 0.2) is 0 Å². The van der Waals surface area contributed by atoms with Crippen molar-refractivity contribution in [1.82, 2.24) is 14.7 Å². The number of alkyl halides is 3. The number of benzene rings is 2. The summed E-state index contributed by atoms with van der Waals surface area (Å²) >= 11 is 11.9. The average Bonchev–Trinajstić information content (AvgIpc) is 3.56. The van der Waals surface area contributed by atoms with Crippen molar-refractivity contribution in [3.8, 4) is 0 Å². The summed E-state index contributed by atoms with van der Waals surface area (Å²) < 4.78 is 38.9. The Labute approximate surface area is 208 Å². The second-order valence-corrected chi connectivity index (χ2v) is 9.52. The minimum absolute atomic E-state index is 0.0501. The molecule has 3 fully saturated rings. The number of halogens is 5. The van der Waals surface area contributed by atoms with Gasteiger partial charge >= 0.3 is 18.2 Å². The maximum atomic E-state index is 13.1. The van der Waals surface area contributed by atoms with Crippen LogP contribution in [-0.2, 0) is 11.0 Å². The Bertz CT molecular complexity index is 1190. The summed E-state index contributed by atoms with van der Waals surface area (Å²) in [4.78, 5) is 43.0. The first-order valence-corrected chi connectivity index (χ1v) is 11.6. The van der Waals surface area contributed by atoms with Crippen molar-refractivity contribution in [2.45, 2.75) is 30.6 Å². The van der Waals surface area contributed by atoms with Gasteiger partial charge in [-0.1, -0.05) is 53.5 Å². The van der Waals surface area contributed by atoms with Gasteiger partial charge in [0.25, 0.3) is 5.91 Å². The van der Waals surface area contributed by atoms with E-state index < -0.39 is 23.8 Å². The van der Waals surface area contributed by atoms with E-state index in [1.807, 2.05) is 30.3 Å². The highest BCUT2D eigenvalue weighted by atomic mass is 35.5. The normalized spacial score (nSPS) is 24.0. The standard InChI is InChI=1S/C23H19Cl2F3N4O3/c24-15-8-13(23(26,27)28)9-16(25)19(15)29-21(34)30-6-7-31-18(11-30)20(33)32(22(31)35)17-10-14(17)12-4-2-1-3-5-12/h1-5,8-9,14,17-18H,6-7,10-11H2,(H,29,34). The minimum atomic E-state index is -4.64. The number of imide groups is 1. The molecule has 0 bridgehead atoms. The van der Waals surface area contributed by atoms with Gasteiger partial charge in [-0.15, -0.1) is 0 Å². The second kappa shape index (κ2) is 8.60. The Hall–Kier alpha value is -2.98. The Morgan fingerprint density at radius 2 is 1.69 bits per heavy atom. The molecule has 5 amide bonds. The van der Waals surface area contributed by atoms with Crippen molar-refractivity contribution in [3.63, 3.8) is 0 Å². The average molecular weight is 527 g/mol. The number of urea groups is 2. The van der Waals surface area contributed by atoms with E-state index in [9.17, 15) is 27.6 Å². The number of amides is 5. The number of nitrogens with one attached hydrogen (secondary N) is 1. The van der Waals surface area contributed by atoms with E-state index in [2.05, 4.69) is 5.32 Å². The molecule has 12 heteroatoms. The predicted molar refractivity (Wildman–Crippen MR) is 122 cm³/mol. The summed E-state index contributed by atoms with van der Waals surface area (Å²) in [6.07, 6.45) is -3.95. The van der Waals surface area contributed by atoms with E-state index in [0.717, 1.165) is 5.56 Å². The van der Waals surface area contributed by atoms with Crippen molar-refractivity contribution in [1.29, 1.82) is 0 Å². The van der Waals surface area contributed by atoms with Gasteiger partial charge < -0.3 is 15.1 Å². The van der Waals surface area contributed by atoms with Crippen LogP contribution in [0.15, 0.2) is 42.5 Å². The monoisotopic (exact) mass is 526 g/mol. The van der Waals surface area contributed by atoms with Gasteiger partial charge in [-0.25, -0.2) is 9.59 Å². The molecule has 1 aliphatic carbocycles. The number of rotatable bonds is 3. The number of hydrogen-bond acceptors (Lipinski definition) is 3. The molecule has 35 heavy (non-hydrogen) atoms. The first kappa shape index (κ1) is 23.7. The van der Waals surface area contributed by atoms with Gasteiger partial charge in [0.2, 0.25) is 0 Å². The molecular weight excluding hydrogens is 508 g/mol. The Balaban J connectivity index is 1.27. The predicted octanol–water partition coefficient (Wildman–Crippen LogP) is 5.05. The fraction of sp³-hybridized carbons (Fsp3) is 0.348. The van der Waals surface area contributed by atoms with Gasteiger partial charge in [0, 0.05) is 25.0 Å². The lowest BCUT2D eigenvalue weighted by molar-refractivity contribution is -0.137. The summed E-state index contributed by atoms with van der Waals surface area (Å²) in [7, 11) is 0. The van der Waals surface area contributed by atoms with Crippen molar-refractivity contribution in [3.05, 3.63) is 63.6 Å². The molecule has 2 heterocycles. The zero-order chi connectivity index (χ0) is 25.1. The van der Waals surface area contributed by atoms with Gasteiger partial charge in [-0.3, -0.25) is 9.69 Å². The molecule has 3 atom stereocenters. The highest BCUT2D eigenvalue weighted by Gasteiger charge is 2.56. The topological polar surface area (TPSA) is 73.0 Å². The van der Waals surface area contributed by atoms with E-state index in [0.29, 0.717) is 18.6 Å². The van der Waals surface area contributed by atoms with Gasteiger partial charge in [-0.2, -0.15) is 13.2 Å². The van der Waals surface area contributed by atoms with Crippen LogP contribution in [0.4, 0.5) is 28.4 Å². The molecule has 0 spiro atoms. The molecule has 7 nitrogen and oxygen atoms in total. The fourth-order valence-corrected chi connectivity index (χ4v) is 5.26. The van der Waals surface area contributed by atoms with E-state index in [4.69, 9.17) is 23.2 Å². The zero-order valence-corrected chi connectivity index (χ0v) is 19.6. The van der Waals surface area contributed by atoms with Crippen LogP contribution in [0, 0.1) is 0 Å². The maximum absolute atomic E-state index is 13.1. The van der Waals surface area contributed by atoms with E-state index in [1.165, 1.54) is 14.7 Å². The SMILES string of the molecule is O=C(Nc1c(Cl)cc(C(F)(F)F)cc1Cl)N1CCN2C(=O)N(C3CC3c3ccccc3)C(=O)C2C1. The van der Waals surface area contributed by atoms with Crippen LogP contribution in [0.25, 0.3) is 0 Å². The molecule has 2 aromatic carbocycles. The summed E-state index contributed by atoms with van der Waals surface area (Å²) in [5.74, 6) is -0.268. The number of fused-ring (bicyclic) bond motifs is 1. The third-order valence-corrected chi connectivity index (χ3v) is 7.16. The first-order valence-electron chi connectivity index (χ1n) is 10.9. The lowest BCUT2D eigenvalue weighted by atomic mass is 10.1. The number of piperazine rings is 1. The quantitative estimate of drug-likeness (QED) is 0.569. The Morgan fingerprint density at radius 1 is 1.03 bits per heavy atom. The van der Waals surface area contributed by atoms with Crippen LogP contribution >= 0.6 is 23.2 Å². The molecule has 1 saturated carbocycles. The number of hydrogen-bond donors (Lipinski definition) is 1. The van der Waals surface area contributed by atoms with Gasteiger partial charge in [0.05, 0.1) is 27.8 Å².